The molecule has 1 N–H and O–H groups in total. The summed E-state index contributed by atoms with van der Waals surface area (Å²) in [5.41, 5.74) is 1.07. The van der Waals surface area contributed by atoms with Crippen LogP contribution in [0.3, 0.4) is 0 Å². The molecular formula is C13H15NO3. The van der Waals surface area contributed by atoms with Crippen LogP contribution in [0.25, 0.3) is 0 Å². The number of carboxylic acid groups (broad SMARTS) is 1. The molecule has 0 saturated carbocycles. The predicted molar refractivity (Wildman–Crippen MR) is 62.4 cm³/mol. The molecule has 1 heterocycles. The van der Waals surface area contributed by atoms with Crippen LogP contribution in [0.1, 0.15) is 12.0 Å². The van der Waals surface area contributed by atoms with E-state index in [4.69, 9.17) is 5.11 Å². The lowest BCUT2D eigenvalue weighted by Crippen LogP contribution is -2.35. The molecule has 90 valence electrons. The number of hydrogen-bond acceptors (Lipinski definition) is 2. The second-order valence-electron chi connectivity index (χ2n) is 4.43. The van der Waals surface area contributed by atoms with E-state index in [1.165, 1.54) is 4.90 Å². The Bertz CT molecular complexity index is 430. The summed E-state index contributed by atoms with van der Waals surface area (Å²) in [7, 11) is 1.56. The van der Waals surface area contributed by atoms with Crippen LogP contribution in [-0.2, 0) is 16.0 Å². The normalized spacial score (nSPS) is 24.1. The number of nitrogens with zero attached hydrogens (tertiary/aromatic N) is 1. The average molecular weight is 233 g/mol. The molecule has 1 saturated heterocycles. The van der Waals surface area contributed by atoms with Gasteiger partial charge < -0.3 is 10.0 Å². The number of hydrogen-bond donors (Lipinski definition) is 1. The van der Waals surface area contributed by atoms with Crippen molar-refractivity contribution in [1.29, 1.82) is 0 Å². The molecule has 4 nitrogen and oxygen atoms in total. The Morgan fingerprint density at radius 1 is 1.41 bits per heavy atom. The lowest BCUT2D eigenvalue weighted by atomic mass is 9.96. The van der Waals surface area contributed by atoms with Gasteiger partial charge >= 0.3 is 5.97 Å². The number of amides is 1. The van der Waals surface area contributed by atoms with E-state index in [9.17, 15) is 9.59 Å². The Balaban J connectivity index is 2.09. The maximum atomic E-state index is 11.9. The van der Waals surface area contributed by atoms with E-state index in [0.717, 1.165) is 5.56 Å². The van der Waals surface area contributed by atoms with Gasteiger partial charge in [-0.05, 0) is 18.4 Å². The first-order chi connectivity index (χ1) is 8.09. The van der Waals surface area contributed by atoms with Crippen LogP contribution in [0, 0.1) is 5.92 Å². The molecule has 1 fully saturated rings. The molecule has 1 aliphatic heterocycles. The van der Waals surface area contributed by atoms with E-state index in [1.54, 1.807) is 7.05 Å². The first kappa shape index (κ1) is 11.6. The Kier molecular flexibility index (Phi) is 3.13. The molecule has 0 spiro atoms. The molecular weight excluding hydrogens is 218 g/mol. The topological polar surface area (TPSA) is 57.6 Å². The van der Waals surface area contributed by atoms with Gasteiger partial charge in [-0.3, -0.25) is 4.79 Å². The van der Waals surface area contributed by atoms with Gasteiger partial charge in [0.05, 0.1) is 0 Å². The second-order valence-corrected chi connectivity index (χ2v) is 4.43. The number of carbonyl (C=O) groups excluding carboxylic acids is 1. The predicted octanol–water partition coefficient (Wildman–Crippen LogP) is 1.16. The molecule has 0 aromatic heterocycles. The number of carbonyl (C=O) groups is 2. The van der Waals surface area contributed by atoms with Gasteiger partial charge in [0, 0.05) is 13.0 Å². The van der Waals surface area contributed by atoms with E-state index < -0.39 is 12.0 Å². The lowest BCUT2D eigenvalue weighted by molar-refractivity contribution is -0.145. The van der Waals surface area contributed by atoms with Crippen LogP contribution in [0.15, 0.2) is 30.3 Å². The second kappa shape index (κ2) is 4.57. The quantitative estimate of drug-likeness (QED) is 0.852. The number of carboxylic acids is 1. The van der Waals surface area contributed by atoms with Crippen molar-refractivity contribution in [1.82, 2.24) is 4.90 Å². The lowest BCUT2D eigenvalue weighted by Gasteiger charge is -2.14. The zero-order valence-electron chi connectivity index (χ0n) is 9.67. The highest BCUT2D eigenvalue weighted by Gasteiger charge is 2.40. The fraction of sp³-hybridized carbons (Fsp3) is 0.385. The molecule has 4 heteroatoms. The molecule has 0 radical (unpaired) electrons. The van der Waals surface area contributed by atoms with Gasteiger partial charge in [-0.25, -0.2) is 4.79 Å². The van der Waals surface area contributed by atoms with Gasteiger partial charge in [0.1, 0.15) is 6.04 Å². The zero-order chi connectivity index (χ0) is 12.4. The summed E-state index contributed by atoms with van der Waals surface area (Å²) in [6.45, 7) is 0. The van der Waals surface area contributed by atoms with E-state index >= 15 is 0 Å². The van der Waals surface area contributed by atoms with E-state index in [-0.39, 0.29) is 11.8 Å². The number of benzene rings is 1. The largest absolute Gasteiger partial charge is 0.480 e. The van der Waals surface area contributed by atoms with Crippen molar-refractivity contribution in [2.75, 3.05) is 7.05 Å². The van der Waals surface area contributed by atoms with Crippen molar-refractivity contribution in [2.24, 2.45) is 5.92 Å². The minimum atomic E-state index is -0.920. The van der Waals surface area contributed by atoms with Crippen molar-refractivity contribution >= 4 is 11.9 Å². The Morgan fingerprint density at radius 2 is 2.06 bits per heavy atom. The van der Waals surface area contributed by atoms with Crippen LogP contribution in [-0.4, -0.2) is 35.0 Å². The molecule has 2 rings (SSSR count). The summed E-state index contributed by atoms with van der Waals surface area (Å²) in [5.74, 6) is -1.19. The van der Waals surface area contributed by atoms with Crippen molar-refractivity contribution in [2.45, 2.75) is 18.9 Å². The van der Waals surface area contributed by atoms with E-state index in [0.29, 0.717) is 12.8 Å². The van der Waals surface area contributed by atoms with Gasteiger partial charge in [0.2, 0.25) is 5.91 Å². The molecule has 17 heavy (non-hydrogen) atoms. The Labute approximate surface area is 99.9 Å². The van der Waals surface area contributed by atoms with Gasteiger partial charge in [0.15, 0.2) is 0 Å². The first-order valence-corrected chi connectivity index (χ1v) is 5.63. The standard InChI is InChI=1S/C13H15NO3/c1-14-11(13(16)17)8-10(12(14)15)7-9-5-3-2-4-6-9/h2-6,10-11H,7-8H2,1H3,(H,16,17). The van der Waals surface area contributed by atoms with Gasteiger partial charge in [-0.1, -0.05) is 30.3 Å². The van der Waals surface area contributed by atoms with Crippen LogP contribution in [0.5, 0.6) is 0 Å². The van der Waals surface area contributed by atoms with Crippen molar-refractivity contribution in [3.8, 4) is 0 Å². The third kappa shape index (κ3) is 2.30. The Hall–Kier alpha value is -1.84. The monoisotopic (exact) mass is 233 g/mol. The summed E-state index contributed by atoms with van der Waals surface area (Å²) in [5, 5.41) is 8.99. The number of likely N-dealkylation sites (N-methyl/N-ethyl adjacent to an activating group) is 1. The van der Waals surface area contributed by atoms with Crippen molar-refractivity contribution < 1.29 is 14.7 Å². The molecule has 1 aromatic carbocycles. The van der Waals surface area contributed by atoms with E-state index in [1.807, 2.05) is 30.3 Å². The minimum Gasteiger partial charge on any atom is -0.480 e. The summed E-state index contributed by atoms with van der Waals surface area (Å²) >= 11 is 0. The van der Waals surface area contributed by atoms with Crippen molar-refractivity contribution in [3.63, 3.8) is 0 Å². The summed E-state index contributed by atoms with van der Waals surface area (Å²) in [4.78, 5) is 24.2. The number of likely N-dealkylation sites (tertiary alicyclic amines) is 1. The Morgan fingerprint density at radius 3 is 2.59 bits per heavy atom. The molecule has 2 unspecified atom stereocenters. The SMILES string of the molecule is CN1C(=O)C(Cc2ccccc2)CC1C(=O)O. The molecule has 1 amide bonds. The van der Waals surface area contributed by atoms with Crippen molar-refractivity contribution in [3.05, 3.63) is 35.9 Å². The molecule has 0 bridgehead atoms. The smallest absolute Gasteiger partial charge is 0.326 e. The fourth-order valence-electron chi connectivity index (χ4n) is 2.31. The third-order valence-electron chi connectivity index (χ3n) is 3.28. The van der Waals surface area contributed by atoms with Gasteiger partial charge in [-0.2, -0.15) is 0 Å². The number of aliphatic carboxylic acids is 1. The minimum absolute atomic E-state index is 0.0683. The molecule has 1 aromatic rings. The summed E-state index contributed by atoms with van der Waals surface area (Å²) < 4.78 is 0. The van der Waals surface area contributed by atoms with Crippen LogP contribution < -0.4 is 0 Å². The number of rotatable bonds is 3. The maximum Gasteiger partial charge on any atom is 0.326 e. The van der Waals surface area contributed by atoms with Gasteiger partial charge in [-0.15, -0.1) is 0 Å². The van der Waals surface area contributed by atoms with Crippen LogP contribution in [0.2, 0.25) is 0 Å². The highest BCUT2D eigenvalue weighted by atomic mass is 16.4. The average Bonchev–Trinajstić information content (AvgIpc) is 2.59. The fourth-order valence-corrected chi connectivity index (χ4v) is 2.31. The molecule has 1 aliphatic rings. The molecule has 2 atom stereocenters. The summed E-state index contributed by atoms with van der Waals surface area (Å²) in [6.07, 6.45) is 1.02. The highest BCUT2D eigenvalue weighted by Crippen LogP contribution is 2.26. The summed E-state index contributed by atoms with van der Waals surface area (Å²) in [6, 6.07) is 9.02. The van der Waals surface area contributed by atoms with E-state index in [2.05, 4.69) is 0 Å². The zero-order valence-corrected chi connectivity index (χ0v) is 9.67. The first-order valence-electron chi connectivity index (χ1n) is 5.63. The third-order valence-corrected chi connectivity index (χ3v) is 3.28. The maximum absolute atomic E-state index is 11.9. The highest BCUT2D eigenvalue weighted by molar-refractivity contribution is 5.89. The van der Waals surface area contributed by atoms with Crippen LogP contribution >= 0.6 is 0 Å². The van der Waals surface area contributed by atoms with Crippen LogP contribution in [0.4, 0.5) is 0 Å². The molecule has 0 aliphatic carbocycles. The van der Waals surface area contributed by atoms with Gasteiger partial charge in [0.25, 0.3) is 0 Å².